The van der Waals surface area contributed by atoms with E-state index in [4.69, 9.17) is 10.5 Å². The van der Waals surface area contributed by atoms with E-state index in [2.05, 4.69) is 0 Å². The Kier molecular flexibility index (Phi) is 6.43. The molecule has 0 aliphatic heterocycles. The fourth-order valence-electron chi connectivity index (χ4n) is 2.22. The molecule has 136 valence electrons. The van der Waals surface area contributed by atoms with Crippen LogP contribution in [-0.2, 0) is 14.3 Å². The van der Waals surface area contributed by atoms with Crippen LogP contribution in [0.4, 0.5) is 10.1 Å². The summed E-state index contributed by atoms with van der Waals surface area (Å²) in [5.41, 5.74) is 6.83. The van der Waals surface area contributed by atoms with Gasteiger partial charge in [0.05, 0.1) is 5.56 Å². The number of nitrogens with two attached hydrogens (primary N) is 1. The molecule has 0 spiro atoms. The molecule has 0 aliphatic rings. The van der Waals surface area contributed by atoms with Crippen LogP contribution in [0.3, 0.4) is 0 Å². The second-order valence-corrected chi connectivity index (χ2v) is 5.68. The molecule has 0 fully saturated rings. The Morgan fingerprint density at radius 2 is 1.65 bits per heavy atom. The number of rotatable bonds is 7. The van der Waals surface area contributed by atoms with E-state index < -0.39 is 30.2 Å². The predicted octanol–water partition coefficient (Wildman–Crippen LogP) is 2.20. The maximum Gasteiger partial charge on any atom is 0.338 e. The second kappa shape index (κ2) is 8.75. The lowest BCUT2D eigenvalue weighted by atomic mass is 10.1. The summed E-state index contributed by atoms with van der Waals surface area (Å²) in [7, 11) is 0. The molecule has 2 amide bonds. The molecule has 0 heterocycles. The fraction of sp³-hybridized carbons (Fsp3) is 0.211. The zero-order valence-corrected chi connectivity index (χ0v) is 14.3. The number of aryl methyl sites for hydroxylation is 1. The van der Waals surface area contributed by atoms with Gasteiger partial charge in [0, 0.05) is 18.7 Å². The molecule has 2 aromatic carbocycles. The zero-order valence-electron chi connectivity index (χ0n) is 14.3. The van der Waals surface area contributed by atoms with Crippen LogP contribution in [0.2, 0.25) is 0 Å². The SMILES string of the molecule is Cc1ccc(C(=O)OCC(=O)N(CCC(N)=O)c2ccc(F)cc2)cc1. The average molecular weight is 358 g/mol. The van der Waals surface area contributed by atoms with Crippen molar-refractivity contribution >= 4 is 23.5 Å². The number of ether oxygens (including phenoxy) is 1. The lowest BCUT2D eigenvalue weighted by molar-refractivity contribution is -0.121. The minimum atomic E-state index is -0.632. The molecule has 0 bridgehead atoms. The van der Waals surface area contributed by atoms with Crippen molar-refractivity contribution in [3.63, 3.8) is 0 Å². The molecule has 0 saturated heterocycles. The number of anilines is 1. The Hall–Kier alpha value is -3.22. The third-order valence-electron chi connectivity index (χ3n) is 3.64. The number of nitrogens with zero attached hydrogens (tertiary/aromatic N) is 1. The number of hydrogen-bond acceptors (Lipinski definition) is 4. The number of benzene rings is 2. The number of carbonyl (C=O) groups is 3. The number of amides is 2. The Labute approximate surface area is 150 Å². The molecular weight excluding hydrogens is 339 g/mol. The summed E-state index contributed by atoms with van der Waals surface area (Å²) in [6.07, 6.45) is -0.0744. The van der Waals surface area contributed by atoms with Gasteiger partial charge in [-0.25, -0.2) is 9.18 Å². The van der Waals surface area contributed by atoms with Gasteiger partial charge in [0.2, 0.25) is 5.91 Å². The van der Waals surface area contributed by atoms with Crippen molar-refractivity contribution in [2.45, 2.75) is 13.3 Å². The smallest absolute Gasteiger partial charge is 0.338 e. The third kappa shape index (κ3) is 5.41. The molecule has 7 heteroatoms. The average Bonchev–Trinajstić information content (AvgIpc) is 2.61. The lowest BCUT2D eigenvalue weighted by Crippen LogP contribution is -2.37. The Bertz CT molecular complexity index is 788. The van der Waals surface area contributed by atoms with Crippen LogP contribution in [0.1, 0.15) is 22.3 Å². The highest BCUT2D eigenvalue weighted by Gasteiger charge is 2.19. The molecule has 2 aromatic rings. The summed E-state index contributed by atoms with van der Waals surface area (Å²) in [5, 5.41) is 0. The summed E-state index contributed by atoms with van der Waals surface area (Å²) in [4.78, 5) is 36.7. The quantitative estimate of drug-likeness (QED) is 0.769. The van der Waals surface area contributed by atoms with E-state index in [9.17, 15) is 18.8 Å². The summed E-state index contributed by atoms with van der Waals surface area (Å²) < 4.78 is 18.1. The van der Waals surface area contributed by atoms with Gasteiger partial charge in [-0.1, -0.05) is 17.7 Å². The molecule has 0 atom stereocenters. The van der Waals surface area contributed by atoms with Crippen molar-refractivity contribution in [1.82, 2.24) is 0 Å². The number of hydrogen-bond donors (Lipinski definition) is 1. The maximum absolute atomic E-state index is 13.1. The van der Waals surface area contributed by atoms with Gasteiger partial charge in [-0.2, -0.15) is 0 Å². The van der Waals surface area contributed by atoms with E-state index >= 15 is 0 Å². The largest absolute Gasteiger partial charge is 0.452 e. The third-order valence-corrected chi connectivity index (χ3v) is 3.64. The van der Waals surface area contributed by atoms with Gasteiger partial charge in [0.15, 0.2) is 6.61 Å². The van der Waals surface area contributed by atoms with Crippen LogP contribution < -0.4 is 10.6 Å². The summed E-state index contributed by atoms with van der Waals surface area (Å²) >= 11 is 0. The van der Waals surface area contributed by atoms with E-state index in [0.717, 1.165) is 5.56 Å². The maximum atomic E-state index is 13.1. The van der Waals surface area contributed by atoms with Gasteiger partial charge in [0.25, 0.3) is 5.91 Å². The summed E-state index contributed by atoms with van der Waals surface area (Å²) in [6, 6.07) is 11.9. The first-order valence-electron chi connectivity index (χ1n) is 7.95. The Morgan fingerprint density at radius 1 is 1.04 bits per heavy atom. The normalized spacial score (nSPS) is 10.2. The first-order chi connectivity index (χ1) is 12.4. The van der Waals surface area contributed by atoms with Crippen molar-refractivity contribution in [3.05, 3.63) is 65.5 Å². The van der Waals surface area contributed by atoms with Gasteiger partial charge >= 0.3 is 5.97 Å². The highest BCUT2D eigenvalue weighted by atomic mass is 19.1. The Morgan fingerprint density at radius 3 is 2.23 bits per heavy atom. The minimum Gasteiger partial charge on any atom is -0.452 e. The van der Waals surface area contributed by atoms with Crippen LogP contribution in [0, 0.1) is 12.7 Å². The minimum absolute atomic E-state index is 0.00187. The number of esters is 1. The fourth-order valence-corrected chi connectivity index (χ4v) is 2.22. The van der Waals surface area contributed by atoms with Crippen LogP contribution in [0.25, 0.3) is 0 Å². The van der Waals surface area contributed by atoms with Crippen molar-refractivity contribution in [3.8, 4) is 0 Å². The van der Waals surface area contributed by atoms with Crippen LogP contribution >= 0.6 is 0 Å². The van der Waals surface area contributed by atoms with Crippen LogP contribution in [0.15, 0.2) is 48.5 Å². The van der Waals surface area contributed by atoms with Gasteiger partial charge in [-0.3, -0.25) is 9.59 Å². The van der Waals surface area contributed by atoms with Crippen molar-refractivity contribution < 1.29 is 23.5 Å². The number of carbonyl (C=O) groups excluding carboxylic acids is 3. The molecule has 0 aliphatic carbocycles. The van der Waals surface area contributed by atoms with E-state index in [-0.39, 0.29) is 13.0 Å². The molecule has 2 N–H and O–H groups in total. The van der Waals surface area contributed by atoms with E-state index in [1.807, 2.05) is 6.92 Å². The monoisotopic (exact) mass is 358 g/mol. The van der Waals surface area contributed by atoms with Gasteiger partial charge < -0.3 is 15.4 Å². The second-order valence-electron chi connectivity index (χ2n) is 5.68. The Balaban J connectivity index is 2.05. The van der Waals surface area contributed by atoms with Gasteiger partial charge in [0.1, 0.15) is 5.82 Å². The highest BCUT2D eigenvalue weighted by molar-refractivity contribution is 5.97. The molecule has 0 aromatic heterocycles. The first kappa shape index (κ1) is 19.1. The van der Waals surface area contributed by atoms with Crippen molar-refractivity contribution in [1.29, 1.82) is 0 Å². The van der Waals surface area contributed by atoms with Gasteiger partial charge in [-0.15, -0.1) is 0 Å². The van der Waals surface area contributed by atoms with E-state index in [0.29, 0.717) is 11.3 Å². The molecular formula is C19H19FN2O4. The summed E-state index contributed by atoms with van der Waals surface area (Å²) in [6.45, 7) is 1.38. The molecule has 0 radical (unpaired) electrons. The van der Waals surface area contributed by atoms with Gasteiger partial charge in [-0.05, 0) is 43.3 Å². The molecule has 2 rings (SSSR count). The van der Waals surface area contributed by atoms with E-state index in [1.54, 1.807) is 24.3 Å². The topological polar surface area (TPSA) is 89.7 Å². The molecule has 0 saturated carbocycles. The van der Waals surface area contributed by atoms with Crippen molar-refractivity contribution in [2.75, 3.05) is 18.1 Å². The zero-order chi connectivity index (χ0) is 19.1. The molecule has 6 nitrogen and oxygen atoms in total. The van der Waals surface area contributed by atoms with Crippen LogP contribution in [-0.4, -0.2) is 30.9 Å². The lowest BCUT2D eigenvalue weighted by Gasteiger charge is -2.22. The van der Waals surface area contributed by atoms with Crippen molar-refractivity contribution in [2.24, 2.45) is 5.73 Å². The first-order valence-corrected chi connectivity index (χ1v) is 7.95. The summed E-state index contributed by atoms with van der Waals surface area (Å²) in [5.74, 6) is -2.21. The predicted molar refractivity (Wildman–Crippen MR) is 94.0 cm³/mol. The van der Waals surface area contributed by atoms with E-state index in [1.165, 1.54) is 29.2 Å². The molecule has 26 heavy (non-hydrogen) atoms. The number of halogens is 1. The molecule has 0 unspecified atom stereocenters. The van der Waals surface area contributed by atoms with Crippen LogP contribution in [0.5, 0.6) is 0 Å². The number of primary amides is 1. The highest BCUT2D eigenvalue weighted by Crippen LogP contribution is 2.16. The standard InChI is InChI=1S/C19H19FN2O4/c1-13-2-4-14(5-3-13)19(25)26-12-18(24)22(11-10-17(21)23)16-8-6-15(20)7-9-16/h2-9H,10-12H2,1H3,(H2,21,23).